The van der Waals surface area contributed by atoms with E-state index in [1.807, 2.05) is 0 Å². The summed E-state index contributed by atoms with van der Waals surface area (Å²) in [6, 6.07) is 8.66. The van der Waals surface area contributed by atoms with Crippen LogP contribution in [-0.4, -0.2) is 13.0 Å². The maximum Gasteiger partial charge on any atom is 0.218 e. The molecule has 0 N–H and O–H groups in total. The van der Waals surface area contributed by atoms with Crippen LogP contribution in [0.3, 0.4) is 0 Å². The van der Waals surface area contributed by atoms with E-state index >= 15 is 0 Å². The number of hydrogen-bond acceptors (Lipinski definition) is 4. The van der Waals surface area contributed by atoms with Crippen molar-refractivity contribution < 1.29 is 17.2 Å². The molecule has 0 spiro atoms. The highest BCUT2D eigenvalue weighted by molar-refractivity contribution is 7.80. The normalized spacial score (nSPS) is 14.0. The van der Waals surface area contributed by atoms with Crippen molar-refractivity contribution >= 4 is 10.4 Å². The van der Waals surface area contributed by atoms with Crippen LogP contribution in [0, 0.1) is 0 Å². The lowest BCUT2D eigenvalue weighted by molar-refractivity contribution is 0.196. The fourth-order valence-electron chi connectivity index (χ4n) is 0.956. The predicted octanol–water partition coefficient (Wildman–Crippen LogP) is 1.22. The highest BCUT2D eigenvalue weighted by Gasteiger charge is 2.07. The smallest absolute Gasteiger partial charge is 0.218 e. The van der Waals surface area contributed by atoms with Crippen LogP contribution in [0.2, 0.25) is 0 Å². The molecular weight excluding hydrogens is 192 g/mol. The van der Waals surface area contributed by atoms with Gasteiger partial charge >= 0.3 is 0 Å². The quantitative estimate of drug-likeness (QED) is 0.544. The van der Waals surface area contributed by atoms with Crippen LogP contribution >= 0.6 is 0 Å². The Kier molecular flexibility index (Phi) is 3.02. The van der Waals surface area contributed by atoms with Gasteiger partial charge in [0.2, 0.25) is 10.4 Å². The summed E-state index contributed by atoms with van der Waals surface area (Å²) >= 11 is 0. The number of rotatable bonds is 3. The fourth-order valence-corrected chi connectivity index (χ4v) is 1.42. The van der Waals surface area contributed by atoms with Crippen molar-refractivity contribution in [2.75, 3.05) is 0 Å². The molecule has 0 aliphatic heterocycles. The molecule has 13 heavy (non-hydrogen) atoms. The molecular formula is C8H9O4S-. The van der Waals surface area contributed by atoms with Crippen molar-refractivity contribution in [3.05, 3.63) is 35.9 Å². The number of benzene rings is 1. The van der Waals surface area contributed by atoms with Gasteiger partial charge in [0.15, 0.2) is 0 Å². The molecule has 0 amide bonds. The lowest BCUT2D eigenvalue weighted by Crippen LogP contribution is -2.08. The van der Waals surface area contributed by atoms with Crippen LogP contribution < -0.4 is 0 Å². The van der Waals surface area contributed by atoms with Crippen molar-refractivity contribution in [1.82, 2.24) is 0 Å². The molecule has 0 fully saturated rings. The van der Waals surface area contributed by atoms with Crippen molar-refractivity contribution in [3.63, 3.8) is 0 Å². The van der Waals surface area contributed by atoms with Crippen LogP contribution in [0.4, 0.5) is 0 Å². The fraction of sp³-hybridized carbons (Fsp3) is 0.250. The lowest BCUT2D eigenvalue weighted by Gasteiger charge is -2.14. The zero-order valence-corrected chi connectivity index (χ0v) is 7.82. The van der Waals surface area contributed by atoms with E-state index in [1.54, 1.807) is 30.3 Å². The summed E-state index contributed by atoms with van der Waals surface area (Å²) in [4.78, 5) is 0. The van der Waals surface area contributed by atoms with E-state index in [0.29, 0.717) is 5.56 Å². The van der Waals surface area contributed by atoms with Crippen molar-refractivity contribution in [2.45, 2.75) is 13.0 Å². The van der Waals surface area contributed by atoms with Gasteiger partial charge in [-0.2, -0.15) is 0 Å². The molecule has 5 heteroatoms. The molecule has 1 rings (SSSR count). The van der Waals surface area contributed by atoms with E-state index < -0.39 is 16.5 Å². The second-order valence-corrected chi connectivity index (χ2v) is 3.57. The highest BCUT2D eigenvalue weighted by atomic mass is 32.3. The first kappa shape index (κ1) is 10.2. The summed E-state index contributed by atoms with van der Waals surface area (Å²) in [5.74, 6) is 0. The van der Waals surface area contributed by atoms with Gasteiger partial charge in [-0.3, -0.25) is 4.18 Å². The Balaban J connectivity index is 2.76. The Bertz CT molecular complexity index is 357. The third-order valence-corrected chi connectivity index (χ3v) is 2.06. The third-order valence-electron chi connectivity index (χ3n) is 1.53. The first-order chi connectivity index (χ1) is 5.99. The van der Waals surface area contributed by atoms with Crippen LogP contribution in [-0.2, 0) is 14.6 Å². The van der Waals surface area contributed by atoms with Gasteiger partial charge in [-0.25, -0.2) is 8.42 Å². The maximum absolute atomic E-state index is 10.2. The minimum atomic E-state index is -4.62. The Morgan fingerprint density at radius 2 is 1.85 bits per heavy atom. The standard InChI is InChI=1S/C8H10O4S/c1-7(12-13(9,10)11)8-5-3-2-4-6-8/h2-7H,1H3,(H,9,10,11)/p-1. The van der Waals surface area contributed by atoms with Gasteiger partial charge in [0.25, 0.3) is 0 Å². The molecule has 4 nitrogen and oxygen atoms in total. The van der Waals surface area contributed by atoms with Crippen LogP contribution in [0.25, 0.3) is 0 Å². The van der Waals surface area contributed by atoms with Gasteiger partial charge in [0.1, 0.15) is 0 Å². The Morgan fingerprint density at radius 1 is 1.31 bits per heavy atom. The molecule has 0 saturated carbocycles. The number of hydrogen-bond donors (Lipinski definition) is 0. The van der Waals surface area contributed by atoms with E-state index in [2.05, 4.69) is 4.18 Å². The van der Waals surface area contributed by atoms with Gasteiger partial charge in [-0.05, 0) is 12.5 Å². The second-order valence-electron chi connectivity index (χ2n) is 2.56. The lowest BCUT2D eigenvalue weighted by atomic mass is 10.1. The van der Waals surface area contributed by atoms with Gasteiger partial charge < -0.3 is 4.55 Å². The summed E-state index contributed by atoms with van der Waals surface area (Å²) < 4.78 is 35.0. The van der Waals surface area contributed by atoms with Crippen LogP contribution in [0.15, 0.2) is 30.3 Å². The van der Waals surface area contributed by atoms with E-state index in [0.717, 1.165) is 0 Å². The molecule has 0 aliphatic carbocycles. The average molecular weight is 201 g/mol. The summed E-state index contributed by atoms with van der Waals surface area (Å²) in [6.07, 6.45) is -0.733. The zero-order valence-electron chi connectivity index (χ0n) is 7.01. The largest absolute Gasteiger partial charge is 0.726 e. The molecule has 0 radical (unpaired) electrons. The molecule has 1 unspecified atom stereocenters. The second kappa shape index (κ2) is 3.87. The first-order valence-corrected chi connectivity index (χ1v) is 5.01. The molecule has 0 aliphatic rings. The summed E-state index contributed by atoms with van der Waals surface area (Å²) in [5, 5.41) is 0. The molecule has 1 atom stereocenters. The molecule has 0 saturated heterocycles. The van der Waals surface area contributed by atoms with Crippen LogP contribution in [0.5, 0.6) is 0 Å². The van der Waals surface area contributed by atoms with Gasteiger partial charge in [-0.1, -0.05) is 30.3 Å². The van der Waals surface area contributed by atoms with E-state index in [4.69, 9.17) is 0 Å². The molecule has 1 aromatic rings. The van der Waals surface area contributed by atoms with Crippen LogP contribution in [0.1, 0.15) is 18.6 Å². The van der Waals surface area contributed by atoms with E-state index in [1.165, 1.54) is 6.92 Å². The van der Waals surface area contributed by atoms with Gasteiger partial charge in [-0.15, -0.1) is 0 Å². The minimum Gasteiger partial charge on any atom is -0.726 e. The Morgan fingerprint density at radius 3 is 2.31 bits per heavy atom. The highest BCUT2D eigenvalue weighted by Crippen LogP contribution is 2.17. The van der Waals surface area contributed by atoms with Crippen molar-refractivity contribution in [3.8, 4) is 0 Å². The molecule has 0 bridgehead atoms. The van der Waals surface area contributed by atoms with Gasteiger partial charge in [0, 0.05) is 0 Å². The monoisotopic (exact) mass is 201 g/mol. The first-order valence-electron chi connectivity index (χ1n) is 3.68. The zero-order chi connectivity index (χ0) is 9.90. The summed E-state index contributed by atoms with van der Waals surface area (Å²) in [6.45, 7) is 1.50. The SMILES string of the molecule is CC(OS(=O)(=O)[O-])c1ccccc1. The topological polar surface area (TPSA) is 66.4 Å². The molecule has 0 aromatic heterocycles. The van der Waals surface area contributed by atoms with Crippen molar-refractivity contribution in [2.24, 2.45) is 0 Å². The maximum atomic E-state index is 10.2. The minimum absolute atomic E-state index is 0.655. The molecule has 72 valence electrons. The molecule has 0 heterocycles. The predicted molar refractivity (Wildman–Crippen MR) is 45.6 cm³/mol. The third kappa shape index (κ3) is 3.54. The summed E-state index contributed by atoms with van der Waals surface area (Å²) in [7, 11) is -4.62. The van der Waals surface area contributed by atoms with Gasteiger partial charge in [0.05, 0.1) is 6.10 Å². The summed E-state index contributed by atoms with van der Waals surface area (Å²) in [5.41, 5.74) is 0.655. The van der Waals surface area contributed by atoms with Crippen molar-refractivity contribution in [1.29, 1.82) is 0 Å². The molecule has 1 aromatic carbocycles. The average Bonchev–Trinajstić information content (AvgIpc) is 2.03. The van der Waals surface area contributed by atoms with E-state index in [-0.39, 0.29) is 0 Å². The Hall–Kier alpha value is -0.910. The van der Waals surface area contributed by atoms with E-state index in [9.17, 15) is 13.0 Å². The Labute approximate surface area is 77.1 Å².